The normalized spacial score (nSPS) is 17.9. The minimum atomic E-state index is -3.54. The zero-order chi connectivity index (χ0) is 17.7. The molecular formula is C17H26N2O4S. The molecule has 7 heteroatoms. The number of sulfonamides is 1. The number of hydrogen-bond acceptors (Lipinski definition) is 4. The molecule has 1 aromatic rings. The lowest BCUT2D eigenvalue weighted by Gasteiger charge is -2.22. The van der Waals surface area contributed by atoms with Gasteiger partial charge in [0.05, 0.1) is 18.0 Å². The lowest BCUT2D eigenvalue weighted by Crippen LogP contribution is -2.42. The van der Waals surface area contributed by atoms with Gasteiger partial charge in [-0.05, 0) is 36.5 Å². The van der Waals surface area contributed by atoms with Gasteiger partial charge in [-0.2, -0.15) is 0 Å². The summed E-state index contributed by atoms with van der Waals surface area (Å²) in [6.45, 7) is 5.05. The van der Waals surface area contributed by atoms with Crippen molar-refractivity contribution in [3.8, 4) is 0 Å². The average Bonchev–Trinajstić information content (AvgIpc) is 3.03. The van der Waals surface area contributed by atoms with Crippen molar-refractivity contribution in [1.82, 2.24) is 5.32 Å². The van der Waals surface area contributed by atoms with Crippen LogP contribution >= 0.6 is 0 Å². The number of amides is 1. The first kappa shape index (κ1) is 18.7. The molecule has 0 bridgehead atoms. The third-order valence-electron chi connectivity index (χ3n) is 4.09. The molecule has 1 unspecified atom stereocenters. The van der Waals surface area contributed by atoms with Gasteiger partial charge in [0, 0.05) is 13.2 Å². The molecule has 1 aliphatic heterocycles. The van der Waals surface area contributed by atoms with Crippen molar-refractivity contribution in [2.75, 3.05) is 30.3 Å². The van der Waals surface area contributed by atoms with Gasteiger partial charge in [0.2, 0.25) is 15.9 Å². The maximum Gasteiger partial charge on any atom is 0.240 e. The quantitative estimate of drug-likeness (QED) is 0.811. The summed E-state index contributed by atoms with van der Waals surface area (Å²) in [5, 5.41) is 2.76. The largest absolute Gasteiger partial charge is 0.376 e. The van der Waals surface area contributed by atoms with Crippen LogP contribution in [0.1, 0.15) is 38.2 Å². The molecule has 0 aliphatic carbocycles. The van der Waals surface area contributed by atoms with E-state index >= 15 is 0 Å². The van der Waals surface area contributed by atoms with Gasteiger partial charge in [0.1, 0.15) is 6.54 Å². The summed E-state index contributed by atoms with van der Waals surface area (Å²) >= 11 is 0. The van der Waals surface area contributed by atoms with E-state index < -0.39 is 10.0 Å². The van der Waals surface area contributed by atoms with E-state index in [9.17, 15) is 13.2 Å². The summed E-state index contributed by atoms with van der Waals surface area (Å²) in [5.41, 5.74) is 1.62. The number of hydrogen-bond donors (Lipinski definition) is 1. The van der Waals surface area contributed by atoms with Crippen molar-refractivity contribution in [1.29, 1.82) is 0 Å². The summed E-state index contributed by atoms with van der Waals surface area (Å²) in [7, 11) is -3.54. The Morgan fingerprint density at radius 1 is 1.33 bits per heavy atom. The fourth-order valence-electron chi connectivity index (χ4n) is 2.64. The fraction of sp³-hybridized carbons (Fsp3) is 0.588. The Morgan fingerprint density at radius 2 is 2.00 bits per heavy atom. The van der Waals surface area contributed by atoms with E-state index in [4.69, 9.17) is 4.74 Å². The smallest absolute Gasteiger partial charge is 0.240 e. The van der Waals surface area contributed by atoms with E-state index in [0.717, 1.165) is 35.6 Å². The monoisotopic (exact) mass is 354 g/mol. The average molecular weight is 354 g/mol. The maximum atomic E-state index is 12.1. The highest BCUT2D eigenvalue weighted by Gasteiger charge is 2.22. The lowest BCUT2D eigenvalue weighted by atomic mass is 10.0. The van der Waals surface area contributed by atoms with Crippen molar-refractivity contribution in [3.63, 3.8) is 0 Å². The SMILES string of the molecule is CC(C)c1ccc(N(CC(=O)NCC2CCCO2)S(C)(=O)=O)cc1. The Hall–Kier alpha value is -1.60. The molecule has 1 fully saturated rings. The second kappa shape index (κ2) is 7.98. The predicted octanol–water partition coefficient (Wildman–Crippen LogP) is 1.87. The molecular weight excluding hydrogens is 328 g/mol. The molecule has 2 rings (SSSR count). The van der Waals surface area contributed by atoms with Gasteiger partial charge in [0.15, 0.2) is 0 Å². The molecule has 24 heavy (non-hydrogen) atoms. The van der Waals surface area contributed by atoms with Crippen LogP contribution in [0, 0.1) is 0 Å². The highest BCUT2D eigenvalue weighted by Crippen LogP contribution is 2.21. The number of nitrogens with zero attached hydrogens (tertiary/aromatic N) is 1. The van der Waals surface area contributed by atoms with Crippen LogP contribution in [0.15, 0.2) is 24.3 Å². The van der Waals surface area contributed by atoms with Crippen LogP contribution in [0.25, 0.3) is 0 Å². The number of nitrogens with one attached hydrogen (secondary N) is 1. The Labute approximate surface area is 144 Å². The highest BCUT2D eigenvalue weighted by molar-refractivity contribution is 7.92. The van der Waals surface area contributed by atoms with Gasteiger partial charge in [-0.1, -0.05) is 26.0 Å². The molecule has 0 radical (unpaired) electrons. The number of ether oxygens (including phenoxy) is 1. The molecule has 134 valence electrons. The van der Waals surface area contributed by atoms with Gasteiger partial charge in [-0.15, -0.1) is 0 Å². The third-order valence-corrected chi connectivity index (χ3v) is 5.23. The minimum absolute atomic E-state index is 0.0333. The first-order valence-corrected chi connectivity index (χ1v) is 10.1. The molecule has 1 heterocycles. The van der Waals surface area contributed by atoms with Crippen LogP contribution < -0.4 is 9.62 Å². The number of benzene rings is 1. The number of anilines is 1. The van der Waals surface area contributed by atoms with Gasteiger partial charge in [-0.3, -0.25) is 9.10 Å². The highest BCUT2D eigenvalue weighted by atomic mass is 32.2. The Balaban J connectivity index is 2.03. The Bertz CT molecular complexity index is 650. The Kier molecular flexibility index (Phi) is 6.23. The molecule has 1 atom stereocenters. The van der Waals surface area contributed by atoms with Crippen LogP contribution in [0.3, 0.4) is 0 Å². The standard InChI is InChI=1S/C17H26N2O4S/c1-13(2)14-6-8-15(9-7-14)19(24(3,21)22)12-17(20)18-11-16-5-4-10-23-16/h6-9,13,16H,4-5,10-12H2,1-3H3,(H,18,20). The van der Waals surface area contributed by atoms with Crippen LogP contribution in [0.4, 0.5) is 5.69 Å². The van der Waals surface area contributed by atoms with Crippen molar-refractivity contribution in [3.05, 3.63) is 29.8 Å². The summed E-state index contributed by atoms with van der Waals surface area (Å²) in [5.74, 6) is 0.0318. The maximum absolute atomic E-state index is 12.1. The fourth-order valence-corrected chi connectivity index (χ4v) is 3.50. The van der Waals surface area contributed by atoms with Gasteiger partial charge < -0.3 is 10.1 Å². The third kappa shape index (κ3) is 5.21. The van der Waals surface area contributed by atoms with Crippen LogP contribution in [0.2, 0.25) is 0 Å². The molecule has 1 aromatic carbocycles. The summed E-state index contributed by atoms with van der Waals surface area (Å²) in [6.07, 6.45) is 3.06. The zero-order valence-electron chi connectivity index (χ0n) is 14.5. The number of rotatable bonds is 7. The molecule has 1 saturated heterocycles. The molecule has 0 spiro atoms. The molecule has 1 N–H and O–H groups in total. The number of carbonyl (C=O) groups excluding carboxylic acids is 1. The van der Waals surface area contributed by atoms with Crippen LogP contribution in [0.5, 0.6) is 0 Å². The summed E-state index contributed by atoms with van der Waals surface area (Å²) < 4.78 is 30.7. The van der Waals surface area contributed by atoms with Gasteiger partial charge in [0.25, 0.3) is 0 Å². The molecule has 1 amide bonds. The van der Waals surface area contributed by atoms with E-state index in [1.54, 1.807) is 12.1 Å². The van der Waals surface area contributed by atoms with E-state index in [2.05, 4.69) is 19.2 Å². The summed E-state index contributed by atoms with van der Waals surface area (Å²) in [6, 6.07) is 7.26. The second-order valence-electron chi connectivity index (χ2n) is 6.45. The molecule has 0 saturated carbocycles. The first-order valence-electron chi connectivity index (χ1n) is 8.23. The van der Waals surface area contributed by atoms with Gasteiger partial charge in [-0.25, -0.2) is 8.42 Å². The summed E-state index contributed by atoms with van der Waals surface area (Å²) in [4.78, 5) is 12.1. The van der Waals surface area contributed by atoms with E-state index in [1.807, 2.05) is 12.1 Å². The predicted molar refractivity (Wildman–Crippen MR) is 94.7 cm³/mol. The first-order chi connectivity index (χ1) is 11.3. The molecule has 1 aliphatic rings. The van der Waals surface area contributed by atoms with E-state index in [1.165, 1.54) is 0 Å². The van der Waals surface area contributed by atoms with Crippen molar-refractivity contribution in [2.24, 2.45) is 0 Å². The topological polar surface area (TPSA) is 75.7 Å². The van der Waals surface area contributed by atoms with E-state index in [-0.39, 0.29) is 18.6 Å². The van der Waals surface area contributed by atoms with Crippen LogP contribution in [-0.4, -0.2) is 46.4 Å². The van der Waals surface area contributed by atoms with Crippen molar-refractivity contribution >= 4 is 21.6 Å². The van der Waals surface area contributed by atoms with Crippen molar-refractivity contribution in [2.45, 2.75) is 38.7 Å². The van der Waals surface area contributed by atoms with Gasteiger partial charge >= 0.3 is 0 Å². The van der Waals surface area contributed by atoms with Crippen LogP contribution in [-0.2, 0) is 19.6 Å². The zero-order valence-corrected chi connectivity index (χ0v) is 15.3. The molecule has 6 nitrogen and oxygen atoms in total. The lowest BCUT2D eigenvalue weighted by molar-refractivity contribution is -0.120. The Morgan fingerprint density at radius 3 is 2.50 bits per heavy atom. The van der Waals surface area contributed by atoms with E-state index in [0.29, 0.717) is 18.2 Å². The second-order valence-corrected chi connectivity index (χ2v) is 8.36. The van der Waals surface area contributed by atoms with Crippen molar-refractivity contribution < 1.29 is 17.9 Å². The minimum Gasteiger partial charge on any atom is -0.376 e. The molecule has 0 aromatic heterocycles. The number of carbonyl (C=O) groups is 1.